The number of hydrogen-bond donors (Lipinski definition) is 3. The van der Waals surface area contributed by atoms with E-state index in [1.54, 1.807) is 12.5 Å². The maximum absolute atomic E-state index is 12.0. The molecule has 0 radical (unpaired) electrons. The summed E-state index contributed by atoms with van der Waals surface area (Å²) in [6.07, 6.45) is 3.27. The van der Waals surface area contributed by atoms with Crippen molar-refractivity contribution in [3.63, 3.8) is 0 Å². The van der Waals surface area contributed by atoms with Crippen LogP contribution in [-0.4, -0.2) is 21.1 Å². The molecule has 0 saturated carbocycles. The van der Waals surface area contributed by atoms with Crippen LogP contribution in [0.25, 0.3) is 17.0 Å². The van der Waals surface area contributed by atoms with Crippen LogP contribution in [0.1, 0.15) is 5.56 Å². The van der Waals surface area contributed by atoms with Gasteiger partial charge in [0.1, 0.15) is 6.33 Å². The van der Waals surface area contributed by atoms with Gasteiger partial charge in [-0.1, -0.05) is 18.2 Å². The molecule has 3 N–H and O–H groups in total. The number of H-pyrrole nitrogens is 1. The average Bonchev–Trinajstić information content (AvgIpc) is 3.21. The minimum atomic E-state index is -0.101. The summed E-state index contributed by atoms with van der Waals surface area (Å²) < 4.78 is 0. The highest BCUT2D eigenvalue weighted by Crippen LogP contribution is 2.31. The van der Waals surface area contributed by atoms with E-state index in [0.29, 0.717) is 11.4 Å². The largest absolute Gasteiger partial charge is 0.361 e. The summed E-state index contributed by atoms with van der Waals surface area (Å²) in [5.41, 5.74) is 4.17. The van der Waals surface area contributed by atoms with Crippen LogP contribution in [0.4, 0.5) is 11.4 Å². The molecule has 0 bridgehead atoms. The topological polar surface area (TPSA) is 82.7 Å². The number of carbonyl (C=O) groups excluding carboxylic acids is 1. The Bertz CT molecular complexity index is 882. The molecule has 3 aromatic rings. The van der Waals surface area contributed by atoms with Crippen molar-refractivity contribution < 1.29 is 4.79 Å². The lowest BCUT2D eigenvalue weighted by Gasteiger charge is -2.03. The zero-order chi connectivity index (χ0) is 15.6. The number of nitrogens with one attached hydrogen (secondary N) is 3. The van der Waals surface area contributed by atoms with Gasteiger partial charge in [0.05, 0.1) is 5.57 Å². The van der Waals surface area contributed by atoms with Gasteiger partial charge >= 0.3 is 0 Å². The Balaban J connectivity index is 1.56. The smallest absolute Gasteiger partial charge is 0.257 e. The molecule has 0 saturated heterocycles. The number of carbonyl (C=O) groups is 1. The summed E-state index contributed by atoms with van der Waals surface area (Å²) in [7, 11) is 0. The van der Waals surface area contributed by atoms with Crippen molar-refractivity contribution >= 4 is 22.9 Å². The predicted molar refractivity (Wildman–Crippen MR) is 88.5 cm³/mol. The number of aromatic nitrogens is 3. The number of para-hydroxylation sites is 1. The molecule has 1 aromatic heterocycles. The maximum atomic E-state index is 12.0. The van der Waals surface area contributed by atoms with Crippen molar-refractivity contribution in [1.82, 2.24) is 15.2 Å². The van der Waals surface area contributed by atoms with Gasteiger partial charge < -0.3 is 10.6 Å². The second-order valence-electron chi connectivity index (χ2n) is 5.10. The summed E-state index contributed by atoms with van der Waals surface area (Å²) in [5.74, 6) is 0.551. The molecule has 1 amide bonds. The van der Waals surface area contributed by atoms with Crippen LogP contribution in [0.3, 0.4) is 0 Å². The van der Waals surface area contributed by atoms with Crippen molar-refractivity contribution in [3.8, 4) is 11.4 Å². The maximum Gasteiger partial charge on any atom is 0.257 e. The van der Waals surface area contributed by atoms with Crippen LogP contribution in [0.2, 0.25) is 0 Å². The Kier molecular flexibility index (Phi) is 3.12. The molecule has 6 nitrogen and oxygen atoms in total. The van der Waals surface area contributed by atoms with Gasteiger partial charge in [-0.25, -0.2) is 4.98 Å². The number of benzene rings is 2. The van der Waals surface area contributed by atoms with Crippen LogP contribution in [0, 0.1) is 0 Å². The van der Waals surface area contributed by atoms with E-state index in [0.717, 1.165) is 22.5 Å². The van der Waals surface area contributed by atoms with E-state index < -0.39 is 0 Å². The van der Waals surface area contributed by atoms with Gasteiger partial charge in [0.15, 0.2) is 5.82 Å². The van der Waals surface area contributed by atoms with Gasteiger partial charge in [0, 0.05) is 28.7 Å². The highest BCUT2D eigenvalue weighted by molar-refractivity contribution is 6.31. The fourth-order valence-corrected chi connectivity index (χ4v) is 2.50. The quantitative estimate of drug-likeness (QED) is 0.650. The molecular formula is C17H13N5O. The molecule has 0 atom stereocenters. The second kappa shape index (κ2) is 5.42. The number of rotatable bonds is 3. The Labute approximate surface area is 132 Å². The normalized spacial score (nSPS) is 14.6. The van der Waals surface area contributed by atoms with Gasteiger partial charge in [0.2, 0.25) is 0 Å². The van der Waals surface area contributed by atoms with E-state index in [-0.39, 0.29) is 5.91 Å². The number of anilines is 2. The Morgan fingerprint density at radius 2 is 1.87 bits per heavy atom. The number of fused-ring (bicyclic) bond motifs is 1. The lowest BCUT2D eigenvalue weighted by Crippen LogP contribution is -2.05. The Morgan fingerprint density at radius 3 is 2.65 bits per heavy atom. The summed E-state index contributed by atoms with van der Waals surface area (Å²) in [6, 6.07) is 15.3. The molecule has 23 heavy (non-hydrogen) atoms. The lowest BCUT2D eigenvalue weighted by molar-refractivity contribution is -0.110. The highest BCUT2D eigenvalue weighted by atomic mass is 16.2. The minimum absolute atomic E-state index is 0.101. The second-order valence-corrected chi connectivity index (χ2v) is 5.10. The number of aromatic amines is 1. The first-order chi connectivity index (χ1) is 11.3. The molecule has 112 valence electrons. The van der Waals surface area contributed by atoms with E-state index in [9.17, 15) is 4.79 Å². The van der Waals surface area contributed by atoms with Crippen LogP contribution in [-0.2, 0) is 4.79 Å². The van der Waals surface area contributed by atoms with Crippen LogP contribution in [0.15, 0.2) is 61.1 Å². The standard InChI is InChI=1S/C17H13N5O/c23-17-14(13-3-1-2-4-15(13)21-17)9-18-12-7-5-11(6-8-12)16-19-10-20-22-16/h1-10,18H,(H,21,23)(H,19,20,22)/b14-9-. The Morgan fingerprint density at radius 1 is 1.04 bits per heavy atom. The van der Waals surface area contributed by atoms with Gasteiger partial charge in [-0.05, 0) is 30.3 Å². The van der Waals surface area contributed by atoms with Crippen molar-refractivity contribution in [2.24, 2.45) is 0 Å². The third kappa shape index (κ3) is 2.46. The van der Waals surface area contributed by atoms with Crippen LogP contribution >= 0.6 is 0 Å². The Hall–Kier alpha value is -3.41. The number of hydrogen-bond acceptors (Lipinski definition) is 4. The third-order valence-electron chi connectivity index (χ3n) is 3.65. The monoisotopic (exact) mass is 303 g/mol. The summed E-state index contributed by atoms with van der Waals surface area (Å²) >= 11 is 0. The van der Waals surface area contributed by atoms with E-state index in [1.807, 2.05) is 48.5 Å². The van der Waals surface area contributed by atoms with E-state index in [1.165, 1.54) is 0 Å². The molecule has 0 spiro atoms. The first kappa shape index (κ1) is 13.3. The van der Waals surface area contributed by atoms with Gasteiger partial charge in [-0.3, -0.25) is 9.89 Å². The molecule has 1 aliphatic heterocycles. The SMILES string of the molecule is O=C1Nc2ccccc2/C1=C/Nc1ccc(-c2nc[nH]n2)cc1. The highest BCUT2D eigenvalue weighted by Gasteiger charge is 2.23. The molecule has 2 heterocycles. The first-order valence-corrected chi connectivity index (χ1v) is 7.15. The third-order valence-corrected chi connectivity index (χ3v) is 3.65. The van der Waals surface area contributed by atoms with Crippen molar-refractivity contribution in [2.75, 3.05) is 10.6 Å². The summed E-state index contributed by atoms with van der Waals surface area (Å²) in [4.78, 5) is 16.1. The molecule has 0 fully saturated rings. The van der Waals surface area contributed by atoms with E-state index in [4.69, 9.17) is 0 Å². The summed E-state index contributed by atoms with van der Waals surface area (Å²) in [5, 5.41) is 12.7. The van der Waals surface area contributed by atoms with Gasteiger partial charge in [-0.2, -0.15) is 5.10 Å². The van der Waals surface area contributed by atoms with Crippen molar-refractivity contribution in [2.45, 2.75) is 0 Å². The first-order valence-electron chi connectivity index (χ1n) is 7.15. The number of amides is 1. The van der Waals surface area contributed by atoms with Gasteiger partial charge in [0.25, 0.3) is 5.91 Å². The molecule has 4 rings (SSSR count). The van der Waals surface area contributed by atoms with Crippen molar-refractivity contribution in [3.05, 3.63) is 66.6 Å². The van der Waals surface area contributed by atoms with Crippen LogP contribution in [0.5, 0.6) is 0 Å². The molecule has 0 aliphatic carbocycles. The molecule has 2 aromatic carbocycles. The van der Waals surface area contributed by atoms with Crippen LogP contribution < -0.4 is 10.6 Å². The van der Waals surface area contributed by atoms with E-state index in [2.05, 4.69) is 25.8 Å². The summed E-state index contributed by atoms with van der Waals surface area (Å²) in [6.45, 7) is 0. The zero-order valence-electron chi connectivity index (χ0n) is 12.1. The fraction of sp³-hybridized carbons (Fsp3) is 0. The van der Waals surface area contributed by atoms with E-state index >= 15 is 0 Å². The molecule has 6 heteroatoms. The molecule has 1 aliphatic rings. The molecule has 0 unspecified atom stereocenters. The zero-order valence-corrected chi connectivity index (χ0v) is 12.1. The fourth-order valence-electron chi connectivity index (χ4n) is 2.50. The minimum Gasteiger partial charge on any atom is -0.361 e. The molecular weight excluding hydrogens is 290 g/mol. The lowest BCUT2D eigenvalue weighted by atomic mass is 10.1. The van der Waals surface area contributed by atoms with Crippen molar-refractivity contribution in [1.29, 1.82) is 0 Å². The number of nitrogens with zero attached hydrogens (tertiary/aromatic N) is 2. The predicted octanol–water partition coefficient (Wildman–Crippen LogP) is 2.88. The van der Waals surface area contributed by atoms with Gasteiger partial charge in [-0.15, -0.1) is 0 Å². The average molecular weight is 303 g/mol.